The van der Waals surface area contributed by atoms with Gasteiger partial charge in [-0.1, -0.05) is 42.5 Å². The van der Waals surface area contributed by atoms with Gasteiger partial charge < -0.3 is 15.2 Å². The Hall–Kier alpha value is -2.33. The number of carbonyl (C=O) groups is 1. The predicted octanol–water partition coefficient (Wildman–Crippen LogP) is 2.41. The SMILES string of the molecule is COc1ccccc1C(O)c1ccc(CNC(C)=O)cc1. The first-order chi connectivity index (χ1) is 10.1. The minimum Gasteiger partial charge on any atom is -0.496 e. The van der Waals surface area contributed by atoms with Crippen molar-refractivity contribution in [1.82, 2.24) is 5.32 Å². The highest BCUT2D eigenvalue weighted by atomic mass is 16.5. The number of aliphatic hydroxyl groups excluding tert-OH is 1. The molecule has 0 saturated heterocycles. The summed E-state index contributed by atoms with van der Waals surface area (Å²) < 4.78 is 5.27. The first-order valence-corrected chi connectivity index (χ1v) is 6.76. The molecule has 0 aliphatic heterocycles. The molecule has 0 spiro atoms. The van der Waals surface area contributed by atoms with Crippen molar-refractivity contribution in [3.8, 4) is 5.75 Å². The predicted molar refractivity (Wildman–Crippen MR) is 81.0 cm³/mol. The summed E-state index contributed by atoms with van der Waals surface area (Å²) in [7, 11) is 1.59. The molecule has 4 heteroatoms. The summed E-state index contributed by atoms with van der Waals surface area (Å²) in [4.78, 5) is 10.9. The normalized spacial score (nSPS) is 11.8. The van der Waals surface area contributed by atoms with Gasteiger partial charge in [0.2, 0.25) is 5.91 Å². The topological polar surface area (TPSA) is 58.6 Å². The lowest BCUT2D eigenvalue weighted by atomic mass is 9.99. The second-order valence-electron chi connectivity index (χ2n) is 4.80. The van der Waals surface area contributed by atoms with E-state index in [9.17, 15) is 9.90 Å². The number of carbonyl (C=O) groups excluding carboxylic acids is 1. The zero-order valence-corrected chi connectivity index (χ0v) is 12.2. The largest absolute Gasteiger partial charge is 0.496 e. The number of hydrogen-bond donors (Lipinski definition) is 2. The van der Waals surface area contributed by atoms with Gasteiger partial charge in [0, 0.05) is 19.0 Å². The van der Waals surface area contributed by atoms with Crippen LogP contribution in [0.4, 0.5) is 0 Å². The van der Waals surface area contributed by atoms with Crippen LogP contribution in [0.15, 0.2) is 48.5 Å². The Morgan fingerprint density at radius 3 is 2.48 bits per heavy atom. The third kappa shape index (κ3) is 3.83. The zero-order chi connectivity index (χ0) is 15.2. The van der Waals surface area contributed by atoms with Crippen LogP contribution in [0.5, 0.6) is 5.75 Å². The molecule has 2 aromatic rings. The maximum Gasteiger partial charge on any atom is 0.217 e. The fraction of sp³-hybridized carbons (Fsp3) is 0.235. The highest BCUT2D eigenvalue weighted by molar-refractivity contribution is 5.72. The molecule has 2 N–H and O–H groups in total. The Morgan fingerprint density at radius 2 is 1.86 bits per heavy atom. The Kier molecular flexibility index (Phi) is 4.95. The average molecular weight is 285 g/mol. The minimum absolute atomic E-state index is 0.0619. The Morgan fingerprint density at radius 1 is 1.19 bits per heavy atom. The van der Waals surface area contributed by atoms with Crippen molar-refractivity contribution in [1.29, 1.82) is 0 Å². The zero-order valence-electron chi connectivity index (χ0n) is 12.2. The number of ether oxygens (including phenoxy) is 1. The maximum absolute atomic E-state index is 10.9. The van der Waals surface area contributed by atoms with E-state index in [2.05, 4.69) is 5.32 Å². The van der Waals surface area contributed by atoms with Crippen LogP contribution in [0.2, 0.25) is 0 Å². The molecular weight excluding hydrogens is 266 g/mol. The highest BCUT2D eigenvalue weighted by Gasteiger charge is 2.14. The number of aliphatic hydroxyl groups is 1. The van der Waals surface area contributed by atoms with Crippen molar-refractivity contribution in [2.24, 2.45) is 0 Å². The molecule has 0 bridgehead atoms. The average Bonchev–Trinajstić information content (AvgIpc) is 2.52. The van der Waals surface area contributed by atoms with Crippen molar-refractivity contribution in [3.63, 3.8) is 0 Å². The molecule has 1 unspecified atom stereocenters. The molecule has 0 fully saturated rings. The minimum atomic E-state index is -0.740. The van der Waals surface area contributed by atoms with E-state index < -0.39 is 6.10 Å². The van der Waals surface area contributed by atoms with Gasteiger partial charge in [-0.25, -0.2) is 0 Å². The molecule has 0 aliphatic rings. The highest BCUT2D eigenvalue weighted by Crippen LogP contribution is 2.29. The molecule has 0 radical (unpaired) electrons. The van der Waals surface area contributed by atoms with Gasteiger partial charge in [-0.2, -0.15) is 0 Å². The van der Waals surface area contributed by atoms with E-state index in [4.69, 9.17) is 4.74 Å². The van der Waals surface area contributed by atoms with Crippen molar-refractivity contribution in [2.75, 3.05) is 7.11 Å². The molecule has 1 amide bonds. The number of hydrogen-bond acceptors (Lipinski definition) is 3. The van der Waals surface area contributed by atoms with Crippen molar-refractivity contribution in [2.45, 2.75) is 19.6 Å². The number of rotatable bonds is 5. The molecule has 4 nitrogen and oxygen atoms in total. The van der Waals surface area contributed by atoms with E-state index in [1.807, 2.05) is 48.5 Å². The van der Waals surface area contributed by atoms with E-state index >= 15 is 0 Å². The quantitative estimate of drug-likeness (QED) is 0.887. The molecule has 2 aromatic carbocycles. The Labute approximate surface area is 124 Å². The summed E-state index contributed by atoms with van der Waals surface area (Å²) in [6.07, 6.45) is -0.740. The fourth-order valence-corrected chi connectivity index (χ4v) is 2.12. The first-order valence-electron chi connectivity index (χ1n) is 6.76. The first kappa shape index (κ1) is 15.1. The van der Waals surface area contributed by atoms with Crippen LogP contribution < -0.4 is 10.1 Å². The van der Waals surface area contributed by atoms with Gasteiger partial charge in [0.25, 0.3) is 0 Å². The lowest BCUT2D eigenvalue weighted by molar-refractivity contribution is -0.119. The van der Waals surface area contributed by atoms with Crippen LogP contribution >= 0.6 is 0 Å². The van der Waals surface area contributed by atoms with E-state index in [1.54, 1.807) is 7.11 Å². The van der Waals surface area contributed by atoms with Crippen LogP contribution in [-0.2, 0) is 11.3 Å². The van der Waals surface area contributed by atoms with Gasteiger partial charge in [0.05, 0.1) is 7.11 Å². The van der Waals surface area contributed by atoms with Crippen molar-refractivity contribution in [3.05, 3.63) is 65.2 Å². The monoisotopic (exact) mass is 285 g/mol. The summed E-state index contributed by atoms with van der Waals surface area (Å²) in [6, 6.07) is 14.9. The van der Waals surface area contributed by atoms with Gasteiger partial charge >= 0.3 is 0 Å². The molecule has 0 saturated carbocycles. The van der Waals surface area contributed by atoms with Gasteiger partial charge in [-0.3, -0.25) is 4.79 Å². The number of amides is 1. The van der Waals surface area contributed by atoms with Gasteiger partial charge in [0.1, 0.15) is 11.9 Å². The lowest BCUT2D eigenvalue weighted by Crippen LogP contribution is -2.18. The van der Waals surface area contributed by atoms with Gasteiger partial charge in [-0.15, -0.1) is 0 Å². The van der Waals surface area contributed by atoms with Crippen LogP contribution in [-0.4, -0.2) is 18.1 Å². The summed E-state index contributed by atoms with van der Waals surface area (Å²) in [6.45, 7) is 1.97. The van der Waals surface area contributed by atoms with Crippen LogP contribution in [0.3, 0.4) is 0 Å². The maximum atomic E-state index is 10.9. The number of nitrogens with one attached hydrogen (secondary N) is 1. The summed E-state index contributed by atoms with van der Waals surface area (Å²) in [5.74, 6) is 0.598. The summed E-state index contributed by atoms with van der Waals surface area (Å²) >= 11 is 0. The fourth-order valence-electron chi connectivity index (χ4n) is 2.12. The van der Waals surface area contributed by atoms with E-state index in [-0.39, 0.29) is 5.91 Å². The van der Waals surface area contributed by atoms with Gasteiger partial charge in [0.15, 0.2) is 0 Å². The van der Waals surface area contributed by atoms with E-state index in [0.717, 1.165) is 16.7 Å². The molecule has 2 rings (SSSR count). The third-order valence-corrected chi connectivity index (χ3v) is 3.27. The van der Waals surface area contributed by atoms with E-state index in [1.165, 1.54) is 6.92 Å². The smallest absolute Gasteiger partial charge is 0.217 e. The molecule has 0 aliphatic carbocycles. The molecule has 21 heavy (non-hydrogen) atoms. The third-order valence-electron chi connectivity index (χ3n) is 3.27. The molecule has 0 aromatic heterocycles. The molecule has 110 valence electrons. The summed E-state index contributed by atoms with van der Waals surface area (Å²) in [5, 5.41) is 13.2. The van der Waals surface area contributed by atoms with Gasteiger partial charge in [-0.05, 0) is 17.2 Å². The molecule has 0 heterocycles. The number of methoxy groups -OCH3 is 1. The Bertz CT molecular complexity index is 608. The van der Waals surface area contributed by atoms with Crippen molar-refractivity contribution >= 4 is 5.91 Å². The van der Waals surface area contributed by atoms with Crippen molar-refractivity contribution < 1.29 is 14.6 Å². The molecule has 1 atom stereocenters. The lowest BCUT2D eigenvalue weighted by Gasteiger charge is -2.15. The second-order valence-corrected chi connectivity index (χ2v) is 4.80. The number of benzene rings is 2. The van der Waals surface area contributed by atoms with Crippen LogP contribution in [0, 0.1) is 0 Å². The summed E-state index contributed by atoms with van der Waals surface area (Å²) in [5.41, 5.74) is 2.50. The standard InChI is InChI=1S/C17H19NO3/c1-12(19)18-11-13-7-9-14(10-8-13)17(20)15-5-3-4-6-16(15)21-2/h3-10,17,20H,11H2,1-2H3,(H,18,19). The van der Waals surface area contributed by atoms with Crippen LogP contribution in [0.1, 0.15) is 29.7 Å². The Balaban J connectivity index is 2.16. The van der Waals surface area contributed by atoms with Crippen LogP contribution in [0.25, 0.3) is 0 Å². The number of para-hydroxylation sites is 1. The van der Waals surface area contributed by atoms with E-state index in [0.29, 0.717) is 12.3 Å². The molecular formula is C17H19NO3. The second kappa shape index (κ2) is 6.90.